The van der Waals surface area contributed by atoms with Gasteiger partial charge in [0.2, 0.25) is 53.4 Å². The van der Waals surface area contributed by atoms with Crippen LogP contribution in [-0.2, 0) is 52.6 Å². The number of rotatable bonds is 15. The Bertz CT molecular complexity index is 4630. The van der Waals surface area contributed by atoms with Crippen molar-refractivity contribution in [1.29, 1.82) is 0 Å². The summed E-state index contributed by atoms with van der Waals surface area (Å²) >= 11 is 15.2. The minimum atomic E-state index is -2.36. The Morgan fingerprint density at radius 2 is 1.36 bits per heavy atom. The number of aromatic nitrogens is 2. The number of primary amides is 1. The number of aromatic hydroxyl groups is 3. The van der Waals surface area contributed by atoms with Crippen molar-refractivity contribution in [2.45, 2.75) is 168 Å². The van der Waals surface area contributed by atoms with Crippen LogP contribution in [0.15, 0.2) is 94.9 Å². The van der Waals surface area contributed by atoms with Crippen LogP contribution in [0, 0.1) is 12.8 Å². The number of halogens is 2. The number of carboxylic acids is 1. The maximum absolute atomic E-state index is 16.2. The average molecular weight is 1570 g/mol. The van der Waals surface area contributed by atoms with Crippen LogP contribution in [0.25, 0.3) is 11.1 Å². The summed E-state index contributed by atoms with van der Waals surface area (Å²) < 4.78 is 39.4. The largest absolute Gasteiger partial charge is 0.508 e. The molecule has 5 aromatic carbocycles. The number of aryl methyl sites for hydroxylation is 1. The van der Waals surface area contributed by atoms with Gasteiger partial charge < -0.3 is 128 Å². The molecule has 8 heterocycles. The van der Waals surface area contributed by atoms with Gasteiger partial charge in [0.15, 0.2) is 35.1 Å². The number of amides is 7. The molecule has 18 atom stereocenters. The molecular weight excluding hydrogens is 1490 g/mol. The van der Waals surface area contributed by atoms with E-state index in [1.807, 2.05) is 13.8 Å². The third-order valence-electron chi connectivity index (χ3n) is 18.8. The number of phenolic OH excluding ortho intramolecular Hbond substituents is 3. The lowest BCUT2D eigenvalue weighted by molar-refractivity contribution is -0.329. The van der Waals surface area contributed by atoms with Crippen LogP contribution in [0.4, 0.5) is 0 Å². The first-order valence-electron chi connectivity index (χ1n) is 34.0. The molecule has 35 nitrogen and oxygen atoms in total. The van der Waals surface area contributed by atoms with Gasteiger partial charge in [0.1, 0.15) is 83.4 Å². The van der Waals surface area contributed by atoms with Gasteiger partial charge in [-0.3, -0.25) is 38.4 Å². The molecule has 0 radical (unpaired) electrons. The third-order valence-corrected chi connectivity index (χ3v) is 20.4. The van der Waals surface area contributed by atoms with Crippen LogP contribution < -0.4 is 68.5 Å². The Hall–Kier alpha value is -9.93. The predicted molar refractivity (Wildman–Crippen MR) is 383 cm³/mol. The van der Waals surface area contributed by atoms with Gasteiger partial charge in [-0.25, -0.2) is 9.78 Å². The summed E-state index contributed by atoms with van der Waals surface area (Å²) in [4.78, 5) is 137. The number of fused-ring (bicyclic) bond motifs is 15. The first-order valence-corrected chi connectivity index (χ1v) is 35.8. The smallest absolute Gasteiger partial charge is 0.330 e. The van der Waals surface area contributed by atoms with Gasteiger partial charge in [0, 0.05) is 52.2 Å². The summed E-state index contributed by atoms with van der Waals surface area (Å²) in [7, 11) is 1.47. The summed E-state index contributed by atoms with van der Waals surface area (Å²) in [5.41, 5.74) is 7.87. The molecule has 0 aliphatic carbocycles. The van der Waals surface area contributed by atoms with E-state index >= 15 is 14.4 Å². The zero-order chi connectivity index (χ0) is 79.1. The molecule has 7 aliphatic rings. The zero-order valence-corrected chi connectivity index (χ0v) is 61.0. The van der Waals surface area contributed by atoms with E-state index in [1.54, 1.807) is 6.92 Å². The lowest BCUT2D eigenvalue weighted by Gasteiger charge is -2.47. The van der Waals surface area contributed by atoms with Crippen molar-refractivity contribution in [3.05, 3.63) is 139 Å². The fraction of sp³-hybridized carbons (Fsp3) is 0.408. The molecule has 13 rings (SSSR count). The Labute approximate surface area is 633 Å². The van der Waals surface area contributed by atoms with E-state index in [4.69, 9.17) is 63.1 Å². The lowest BCUT2D eigenvalue weighted by Crippen LogP contribution is -2.64. The molecule has 7 amide bonds. The minimum Gasteiger partial charge on any atom is -0.508 e. The number of nitrogens with one attached hydrogen (secondary N) is 8. The van der Waals surface area contributed by atoms with Gasteiger partial charge in [-0.15, -0.1) is 0 Å². The molecule has 1 aromatic heterocycles. The van der Waals surface area contributed by atoms with Crippen molar-refractivity contribution in [3.8, 4) is 57.1 Å². The van der Waals surface area contributed by atoms with Gasteiger partial charge in [-0.05, 0) is 117 Å². The number of phenols is 3. The standard InChI is InChI=1S/C71H79Cl2N11O24S/c1-25(2)13-37(76-6)62(95)83-53-55(90)29-8-11-41(35(72)16-29)104-43-18-31-19-44(59(43)108-69-60(107-48-23-71(5,75)61(94)27(4)103-48)58(93)57(92)45(106-69)24-109-70-77-26(3)14-47(89)79-70)105-42-12-9-30(17-36(42)73)56(91)54-67(100)82-52(68(101)102)34-20-32(85)21-40(87)49(34)33-15-28(7-10-39(33)86)50(64(97)84-54)81-65(98)51(31)80-63(96)38(22-46(74)88)78-66(53)99/h7-12,14-21,25,27,37-38,45,48,50-58,60-61,69,76,85-87,90-94H,13,22-24,75H2,1-6H3,(H2,74,88)(H,78,99)(H,80,96)(H,81,98)(H,82,100)(H,83,95)(H,84,97)(H,101,102)(H,77,79,89)/t27-,37+,38-,45+,48-,50+,51+,52-,53+,54-,55+,56+,57+,58-,60+,61+,69-,71-/m0/s1. The highest BCUT2D eigenvalue weighted by molar-refractivity contribution is 7.99. The molecule has 0 unspecified atom stereocenters. The topological polar surface area (TPSA) is 556 Å². The number of hydrogen-bond donors (Lipinski definition) is 19. The number of carboxylic acid groups (broad SMARTS) is 1. The van der Waals surface area contributed by atoms with Crippen LogP contribution in [-0.4, -0.2) is 195 Å². The molecule has 2 saturated heterocycles. The molecule has 0 saturated carbocycles. The number of ether oxygens (including phenoxy) is 6. The molecule has 2 fully saturated rings. The number of aliphatic carboxylic acids is 1. The summed E-state index contributed by atoms with van der Waals surface area (Å²) in [6.45, 7) is 8.21. The van der Waals surface area contributed by atoms with Crippen LogP contribution in [0.3, 0.4) is 0 Å². The number of thioether (sulfide) groups is 1. The van der Waals surface area contributed by atoms with Crippen molar-refractivity contribution >= 4 is 82.3 Å². The minimum absolute atomic E-state index is 0.0622. The average Bonchev–Trinajstić information content (AvgIpc) is 0.767. The van der Waals surface area contributed by atoms with E-state index in [0.29, 0.717) is 5.69 Å². The number of aromatic amines is 1. The molecule has 38 heteroatoms. The molecule has 582 valence electrons. The molecule has 0 spiro atoms. The van der Waals surface area contributed by atoms with E-state index in [2.05, 4.69) is 47.2 Å². The van der Waals surface area contributed by atoms with E-state index in [9.17, 15) is 74.7 Å². The summed E-state index contributed by atoms with van der Waals surface area (Å²) in [6, 6.07) is 0.540. The number of hydrogen-bond acceptors (Lipinski definition) is 27. The van der Waals surface area contributed by atoms with Crippen LogP contribution in [0.2, 0.25) is 10.0 Å². The number of nitrogens with zero attached hydrogens (tertiary/aromatic N) is 1. The highest BCUT2D eigenvalue weighted by Gasteiger charge is 2.52. The van der Waals surface area contributed by atoms with Gasteiger partial charge in [-0.2, -0.15) is 0 Å². The van der Waals surface area contributed by atoms with Crippen LogP contribution in [0.5, 0.6) is 46.0 Å². The molecule has 7 aliphatic heterocycles. The third kappa shape index (κ3) is 17.6. The second-order valence-corrected chi connectivity index (χ2v) is 29.4. The maximum atomic E-state index is 16.2. The van der Waals surface area contributed by atoms with Crippen molar-refractivity contribution in [2.24, 2.45) is 17.4 Å². The summed E-state index contributed by atoms with van der Waals surface area (Å²) in [5, 5.41) is 122. The van der Waals surface area contributed by atoms with E-state index in [1.165, 1.54) is 39.1 Å². The van der Waals surface area contributed by atoms with E-state index in [-0.39, 0.29) is 57.1 Å². The molecule has 6 aromatic rings. The van der Waals surface area contributed by atoms with Gasteiger partial charge in [0.05, 0.1) is 40.8 Å². The van der Waals surface area contributed by atoms with Crippen molar-refractivity contribution in [3.63, 3.8) is 0 Å². The van der Waals surface area contributed by atoms with Crippen LogP contribution >= 0.6 is 35.0 Å². The summed E-state index contributed by atoms with van der Waals surface area (Å²) in [6.07, 6.45) is -18.5. The summed E-state index contributed by atoms with van der Waals surface area (Å²) in [5.74, 6) is -16.3. The molecular formula is C71H79Cl2N11O24S. The number of nitrogens with two attached hydrogens (primary N) is 2. The Morgan fingerprint density at radius 3 is 1.96 bits per heavy atom. The second kappa shape index (κ2) is 32.7. The van der Waals surface area contributed by atoms with Gasteiger partial charge in [0.25, 0.3) is 5.56 Å². The molecule has 21 N–H and O–H groups in total. The van der Waals surface area contributed by atoms with Crippen LogP contribution in [0.1, 0.15) is 111 Å². The SMILES string of the molecule is CN[C@H](CC(C)C)C(=O)N[C@H]1C(=O)N[C@@H](CC(N)=O)C(=O)N[C@H]2C(=O)N[C@H]3C(=O)N[C@H](C(=O)N[C@H](C(=O)O)c4cc(O)cc(O)c4-c4cc3ccc4O)[C@H](O)c3ccc(c(Cl)c3)Oc3cc2cc(c3O[C@@H]2O[C@H](CSc3nc(C)cc(=O)[nH]3)[C@@H](O)[C@H](O)[C@H]2O[C@H]2C[C@](C)(N)[C@H](O)[C@H](C)O2)Oc2ccc(cc2Cl)[C@H]1O. The number of carbonyl (C=O) groups excluding carboxylic acids is 7. The highest BCUT2D eigenvalue weighted by Crippen LogP contribution is 2.50. The number of benzene rings is 5. The van der Waals surface area contributed by atoms with Gasteiger partial charge in [-0.1, -0.05) is 67.0 Å². The predicted octanol–water partition coefficient (Wildman–Crippen LogP) is 1.30. The van der Waals surface area contributed by atoms with Crippen molar-refractivity contribution in [2.75, 3.05) is 12.8 Å². The fourth-order valence-electron chi connectivity index (χ4n) is 13.3. The normalized spacial score (nSPS) is 28.1. The quantitative estimate of drug-likeness (QED) is 0.0509. The number of aliphatic hydroxyl groups excluding tert-OH is 5. The fourth-order valence-corrected chi connectivity index (χ4v) is 14.7. The zero-order valence-electron chi connectivity index (χ0n) is 58.7. The first kappa shape index (κ1) is 80.1. The Morgan fingerprint density at radius 1 is 0.734 bits per heavy atom. The first-order chi connectivity index (χ1) is 51.5. The molecule has 109 heavy (non-hydrogen) atoms. The maximum Gasteiger partial charge on any atom is 0.330 e. The van der Waals surface area contributed by atoms with E-state index in [0.717, 1.165) is 78.5 Å². The van der Waals surface area contributed by atoms with Crippen molar-refractivity contribution < 1.29 is 113 Å². The lowest BCUT2D eigenvalue weighted by atomic mass is 9.86. The van der Waals surface area contributed by atoms with E-state index < -0.39 is 236 Å². The monoisotopic (exact) mass is 1570 g/mol. The molecule has 11 bridgehead atoms. The van der Waals surface area contributed by atoms with Gasteiger partial charge >= 0.3 is 5.97 Å². The Balaban J connectivity index is 1.17. The Kier molecular flexibility index (Phi) is 24.0. The number of aliphatic hydroxyl groups is 5. The van der Waals surface area contributed by atoms with Crippen molar-refractivity contribution in [1.82, 2.24) is 47.2 Å². The highest BCUT2D eigenvalue weighted by atomic mass is 35.5. The number of carbonyl (C=O) groups is 8. The number of H-pyrrole nitrogens is 1. The number of likely N-dealkylation sites (N-methyl/N-ethyl adjacent to an activating group) is 1. The second-order valence-electron chi connectivity index (χ2n) is 27.5.